The number of fused-ring (bicyclic) bond motifs is 1. The molecule has 11 heteroatoms. The van der Waals surface area contributed by atoms with Crippen LogP contribution >= 0.6 is 15.9 Å². The molecule has 1 aromatic carbocycles. The van der Waals surface area contributed by atoms with Crippen LogP contribution in [0.15, 0.2) is 42.7 Å². The molecule has 0 spiro atoms. The fourth-order valence-electron chi connectivity index (χ4n) is 3.93. The van der Waals surface area contributed by atoms with E-state index in [1.165, 1.54) is 29.4 Å². The number of carbonyl (C=O) groups is 2. The molecule has 172 valence electrons. The first kappa shape index (κ1) is 23.0. The summed E-state index contributed by atoms with van der Waals surface area (Å²) in [5, 5.41) is 4.26. The molecule has 0 saturated carbocycles. The molecule has 1 atom stereocenters. The minimum absolute atomic E-state index is 0.0164. The third-order valence-corrected chi connectivity index (χ3v) is 6.13. The van der Waals surface area contributed by atoms with E-state index < -0.39 is 17.6 Å². The van der Waals surface area contributed by atoms with Crippen LogP contribution in [0, 0.1) is 0 Å². The molecule has 0 aliphatic carbocycles. The minimum Gasteiger partial charge on any atom is -0.383 e. The summed E-state index contributed by atoms with van der Waals surface area (Å²) >= 11 is 3.10. The lowest BCUT2D eigenvalue weighted by atomic mass is 10.0. The number of ketones is 1. The molecular weight excluding hydrogens is 503 g/mol. The van der Waals surface area contributed by atoms with Crippen LogP contribution in [0.1, 0.15) is 50.5 Å². The van der Waals surface area contributed by atoms with Crippen LogP contribution in [0.2, 0.25) is 0 Å². The van der Waals surface area contributed by atoms with Crippen LogP contribution in [-0.4, -0.2) is 33.0 Å². The summed E-state index contributed by atoms with van der Waals surface area (Å²) in [5.74, 6) is -0.658. The summed E-state index contributed by atoms with van der Waals surface area (Å²) in [4.78, 5) is 31.5. The zero-order valence-corrected chi connectivity index (χ0v) is 19.0. The van der Waals surface area contributed by atoms with Gasteiger partial charge in [-0.1, -0.05) is 15.9 Å². The monoisotopic (exact) mass is 521 g/mol. The summed E-state index contributed by atoms with van der Waals surface area (Å²) in [6, 6.07) is 6.52. The molecule has 0 radical (unpaired) electrons. The van der Waals surface area contributed by atoms with E-state index in [4.69, 9.17) is 5.73 Å². The van der Waals surface area contributed by atoms with Crippen LogP contribution in [0.4, 0.5) is 24.7 Å². The average molecular weight is 522 g/mol. The lowest BCUT2D eigenvalue weighted by molar-refractivity contribution is -0.138. The van der Waals surface area contributed by atoms with Crippen LogP contribution in [0.3, 0.4) is 0 Å². The number of halogens is 4. The van der Waals surface area contributed by atoms with Crippen molar-refractivity contribution >= 4 is 39.1 Å². The number of carbonyl (C=O) groups excluding carboxylic acids is 2. The van der Waals surface area contributed by atoms with Crippen molar-refractivity contribution in [3.05, 3.63) is 70.7 Å². The molecule has 4 rings (SSSR count). The third-order valence-electron chi connectivity index (χ3n) is 5.52. The number of alkyl halides is 4. The maximum absolute atomic E-state index is 13.4. The van der Waals surface area contributed by atoms with Gasteiger partial charge in [-0.2, -0.15) is 18.3 Å². The van der Waals surface area contributed by atoms with Crippen LogP contribution in [0.25, 0.3) is 0 Å². The number of benzene rings is 1. The second-order valence-electron chi connectivity index (χ2n) is 7.74. The Balaban J connectivity index is 1.68. The first-order valence-corrected chi connectivity index (χ1v) is 11.1. The van der Waals surface area contributed by atoms with E-state index in [2.05, 4.69) is 26.0 Å². The first-order valence-electron chi connectivity index (χ1n) is 9.99. The van der Waals surface area contributed by atoms with Crippen molar-refractivity contribution < 1.29 is 22.8 Å². The Morgan fingerprint density at radius 2 is 2.03 bits per heavy atom. The van der Waals surface area contributed by atoms with Crippen molar-refractivity contribution in [1.82, 2.24) is 14.8 Å². The highest BCUT2D eigenvalue weighted by molar-refractivity contribution is 9.08. The number of nitrogens with two attached hydrogens (primary N) is 1. The van der Waals surface area contributed by atoms with Crippen LogP contribution in [-0.2, 0) is 17.9 Å². The van der Waals surface area contributed by atoms with Crippen molar-refractivity contribution in [2.45, 2.75) is 30.9 Å². The van der Waals surface area contributed by atoms with Gasteiger partial charge in [0.25, 0.3) is 5.91 Å². The number of hydrogen-bond acceptors (Lipinski definition) is 5. The van der Waals surface area contributed by atoms with Gasteiger partial charge in [0.15, 0.2) is 5.78 Å². The standard InChI is InChI=1S/C22H19BrF3N5O2/c1-12-11-30(15-4-5-17(22(24,25)26)13(7-15)9-23)21(33)19-14(10-29-31(12)19)8-18(32)16-3-2-6-28-20(16)27/h2-7,10,12H,8-9,11H2,1H3,(H2,27,28)/t12-/m0/s1. The van der Waals surface area contributed by atoms with Crippen molar-refractivity contribution in [3.63, 3.8) is 0 Å². The van der Waals surface area contributed by atoms with Gasteiger partial charge in [0.05, 0.1) is 23.4 Å². The normalized spacial score (nSPS) is 16.1. The number of aromatic nitrogens is 3. The molecule has 1 aliphatic heterocycles. The molecule has 0 fully saturated rings. The lowest BCUT2D eigenvalue weighted by Gasteiger charge is -2.33. The smallest absolute Gasteiger partial charge is 0.383 e. The molecule has 1 aliphatic rings. The van der Waals surface area contributed by atoms with Gasteiger partial charge in [0.2, 0.25) is 0 Å². The number of Topliss-reactive ketones (excluding diaryl/α,β-unsaturated/α-hetero) is 1. The highest BCUT2D eigenvalue weighted by atomic mass is 79.9. The van der Waals surface area contributed by atoms with E-state index in [9.17, 15) is 22.8 Å². The highest BCUT2D eigenvalue weighted by Crippen LogP contribution is 2.36. The van der Waals surface area contributed by atoms with Gasteiger partial charge in [-0.3, -0.25) is 14.3 Å². The topological polar surface area (TPSA) is 94.1 Å². The quantitative estimate of drug-likeness (QED) is 0.396. The van der Waals surface area contributed by atoms with E-state index in [1.807, 2.05) is 6.92 Å². The molecule has 0 saturated heterocycles. The number of hydrogen-bond donors (Lipinski definition) is 1. The second kappa shape index (κ2) is 8.62. The number of amides is 1. The molecule has 3 heterocycles. The SMILES string of the molecule is C[C@H]1CN(c2ccc(C(F)(F)F)c(CBr)c2)C(=O)c2c(CC(=O)c3cccnc3N)cnn21. The Hall–Kier alpha value is -3.21. The predicted molar refractivity (Wildman–Crippen MR) is 119 cm³/mol. The third kappa shape index (κ3) is 4.24. The zero-order valence-electron chi connectivity index (χ0n) is 17.4. The van der Waals surface area contributed by atoms with E-state index in [1.54, 1.807) is 16.8 Å². The van der Waals surface area contributed by atoms with Crippen LogP contribution < -0.4 is 10.6 Å². The van der Waals surface area contributed by atoms with Gasteiger partial charge in [0, 0.05) is 35.7 Å². The van der Waals surface area contributed by atoms with Gasteiger partial charge in [-0.25, -0.2) is 4.98 Å². The fraction of sp³-hybridized carbons (Fsp3) is 0.273. The summed E-state index contributed by atoms with van der Waals surface area (Å²) in [6.45, 7) is 2.07. The summed E-state index contributed by atoms with van der Waals surface area (Å²) in [6.07, 6.45) is -1.67. The minimum atomic E-state index is -4.50. The Labute approximate surface area is 195 Å². The lowest BCUT2D eigenvalue weighted by Crippen LogP contribution is -2.43. The maximum Gasteiger partial charge on any atom is 0.416 e. The van der Waals surface area contributed by atoms with Crippen LogP contribution in [0.5, 0.6) is 0 Å². The van der Waals surface area contributed by atoms with Crippen molar-refractivity contribution in [2.75, 3.05) is 17.2 Å². The van der Waals surface area contributed by atoms with E-state index in [0.717, 1.165) is 6.07 Å². The van der Waals surface area contributed by atoms with E-state index in [-0.39, 0.29) is 52.8 Å². The predicted octanol–water partition coefficient (Wildman–Crippen LogP) is 4.42. The number of nitrogen functional groups attached to an aromatic ring is 1. The molecule has 0 bridgehead atoms. The number of pyridine rings is 1. The Bertz CT molecular complexity index is 1240. The van der Waals surface area contributed by atoms with Crippen molar-refractivity contribution in [3.8, 4) is 0 Å². The second-order valence-corrected chi connectivity index (χ2v) is 8.30. The molecule has 33 heavy (non-hydrogen) atoms. The molecule has 7 nitrogen and oxygen atoms in total. The van der Waals surface area contributed by atoms with E-state index >= 15 is 0 Å². The average Bonchev–Trinajstić information content (AvgIpc) is 3.19. The summed E-state index contributed by atoms with van der Waals surface area (Å²) in [5.41, 5.74) is 6.29. The van der Waals surface area contributed by atoms with Gasteiger partial charge in [-0.05, 0) is 42.8 Å². The summed E-state index contributed by atoms with van der Waals surface area (Å²) < 4.78 is 41.4. The Kier molecular flexibility index (Phi) is 6.00. The zero-order chi connectivity index (χ0) is 23.9. The molecule has 1 amide bonds. The van der Waals surface area contributed by atoms with Gasteiger partial charge >= 0.3 is 6.18 Å². The van der Waals surface area contributed by atoms with Gasteiger partial charge in [0.1, 0.15) is 11.5 Å². The number of anilines is 2. The Morgan fingerprint density at radius 3 is 2.70 bits per heavy atom. The van der Waals surface area contributed by atoms with Gasteiger partial charge < -0.3 is 10.6 Å². The molecule has 2 aromatic heterocycles. The number of nitrogens with zero attached hydrogens (tertiary/aromatic N) is 4. The number of rotatable bonds is 5. The maximum atomic E-state index is 13.4. The Morgan fingerprint density at radius 1 is 1.27 bits per heavy atom. The van der Waals surface area contributed by atoms with Gasteiger partial charge in [-0.15, -0.1) is 0 Å². The molecule has 2 N–H and O–H groups in total. The molecule has 0 unspecified atom stereocenters. The first-order chi connectivity index (χ1) is 15.6. The highest BCUT2D eigenvalue weighted by Gasteiger charge is 2.36. The van der Waals surface area contributed by atoms with Crippen molar-refractivity contribution in [1.29, 1.82) is 0 Å². The molecular formula is C22H19BrF3N5O2. The van der Waals surface area contributed by atoms with Crippen molar-refractivity contribution in [2.24, 2.45) is 0 Å². The van der Waals surface area contributed by atoms with E-state index in [0.29, 0.717) is 11.3 Å². The largest absolute Gasteiger partial charge is 0.416 e. The summed E-state index contributed by atoms with van der Waals surface area (Å²) in [7, 11) is 0. The molecule has 3 aromatic rings. The fourth-order valence-corrected chi connectivity index (χ4v) is 4.39.